The summed E-state index contributed by atoms with van der Waals surface area (Å²) in [5, 5.41) is 14.2. The van der Waals surface area contributed by atoms with E-state index in [4.69, 9.17) is 15.6 Å². The molecule has 0 saturated carbocycles. The number of ether oxygens (including phenoxy) is 1. The molecule has 232 valence electrons. The van der Waals surface area contributed by atoms with Crippen LogP contribution in [0.4, 0.5) is 35.2 Å². The molecule has 0 spiro atoms. The van der Waals surface area contributed by atoms with Crippen molar-refractivity contribution in [2.45, 2.75) is 4.90 Å². The fraction of sp³-hybridized carbons (Fsp3) is 0.100. The number of fused-ring (bicyclic) bond motifs is 1. The molecule has 1 heterocycles. The predicted molar refractivity (Wildman–Crippen MR) is 163 cm³/mol. The molecular formula is C30H25F3N6O5S. The lowest BCUT2D eigenvalue weighted by atomic mass is 10.0. The summed E-state index contributed by atoms with van der Waals surface area (Å²) in [4.78, 5) is 19.6. The summed E-state index contributed by atoms with van der Waals surface area (Å²) in [7, 11) is -3.45. The highest BCUT2D eigenvalue weighted by atomic mass is 32.2. The topological polar surface area (TPSA) is 169 Å². The van der Waals surface area contributed by atoms with Gasteiger partial charge in [0, 0.05) is 28.7 Å². The number of sulfonamides is 1. The van der Waals surface area contributed by atoms with Crippen LogP contribution >= 0.6 is 0 Å². The van der Waals surface area contributed by atoms with Gasteiger partial charge in [-0.2, -0.15) is 0 Å². The monoisotopic (exact) mass is 638 g/mol. The Kier molecular flexibility index (Phi) is 8.74. The first-order chi connectivity index (χ1) is 21.5. The van der Waals surface area contributed by atoms with E-state index in [2.05, 4.69) is 20.6 Å². The van der Waals surface area contributed by atoms with Crippen LogP contribution in [0, 0.1) is 17.5 Å². The first-order valence-corrected chi connectivity index (χ1v) is 14.7. The standard InChI is InChI=1S/C30H25F3N6O5S/c1-44-24-15-17(19-4-2-7-23(25(19)33)39-45(42,43)27-21(31)5-3-6-22(27)32)14-20-26(24)37-29(38-28(20)34)16-8-10-18(11-9-16)36-30(41)35-12-13-40/h2-11,14-15,39-40H,12-13H2,1H3,(H2,34,37,38)(H2,35,36,41). The van der Waals surface area contributed by atoms with E-state index >= 15 is 4.39 Å². The molecule has 0 radical (unpaired) electrons. The molecule has 4 aromatic carbocycles. The van der Waals surface area contributed by atoms with Crippen LogP contribution in [0.2, 0.25) is 0 Å². The predicted octanol–water partition coefficient (Wildman–Crippen LogP) is 4.89. The van der Waals surface area contributed by atoms with Crippen molar-refractivity contribution in [3.8, 4) is 28.3 Å². The number of carbonyl (C=O) groups is 1. The molecule has 6 N–H and O–H groups in total. The Bertz CT molecular complexity index is 2010. The minimum atomic E-state index is -4.83. The molecule has 0 aliphatic carbocycles. The van der Waals surface area contributed by atoms with Crippen LogP contribution in [-0.4, -0.2) is 49.8 Å². The number of benzene rings is 4. The summed E-state index contributed by atoms with van der Waals surface area (Å²) in [5.41, 5.74) is 7.27. The van der Waals surface area contributed by atoms with Crippen LogP contribution in [0.5, 0.6) is 5.75 Å². The average Bonchev–Trinajstić information content (AvgIpc) is 3.00. The molecule has 0 aliphatic rings. The Morgan fingerprint density at radius 3 is 2.31 bits per heavy atom. The third kappa shape index (κ3) is 6.44. The molecule has 0 saturated heterocycles. The number of hydrogen-bond acceptors (Lipinski definition) is 8. The number of nitrogens with two attached hydrogens (primary N) is 1. The third-order valence-corrected chi connectivity index (χ3v) is 7.97. The Morgan fingerprint density at radius 2 is 1.64 bits per heavy atom. The van der Waals surface area contributed by atoms with Gasteiger partial charge in [-0.25, -0.2) is 36.4 Å². The van der Waals surface area contributed by atoms with E-state index in [1.54, 1.807) is 24.3 Å². The van der Waals surface area contributed by atoms with Gasteiger partial charge in [-0.05, 0) is 60.2 Å². The fourth-order valence-electron chi connectivity index (χ4n) is 4.48. The summed E-state index contributed by atoms with van der Waals surface area (Å²) in [5.74, 6) is -3.20. The zero-order valence-electron chi connectivity index (χ0n) is 23.4. The molecule has 5 rings (SSSR count). The van der Waals surface area contributed by atoms with E-state index in [9.17, 15) is 22.0 Å². The van der Waals surface area contributed by atoms with Crippen LogP contribution in [0.3, 0.4) is 0 Å². The number of urea groups is 1. The second kappa shape index (κ2) is 12.7. The summed E-state index contributed by atoms with van der Waals surface area (Å²) in [6, 6.07) is 15.5. The van der Waals surface area contributed by atoms with Crippen molar-refractivity contribution < 1.29 is 36.2 Å². The number of aliphatic hydroxyl groups is 1. The highest BCUT2D eigenvalue weighted by molar-refractivity contribution is 7.92. The van der Waals surface area contributed by atoms with Crippen molar-refractivity contribution in [1.82, 2.24) is 15.3 Å². The van der Waals surface area contributed by atoms with Crippen molar-refractivity contribution >= 4 is 44.1 Å². The number of aliphatic hydroxyl groups excluding tert-OH is 1. The summed E-state index contributed by atoms with van der Waals surface area (Å²) in [6.07, 6.45) is 0. The van der Waals surface area contributed by atoms with Gasteiger partial charge in [-0.1, -0.05) is 18.2 Å². The van der Waals surface area contributed by atoms with Gasteiger partial charge >= 0.3 is 6.03 Å². The van der Waals surface area contributed by atoms with E-state index in [1.165, 1.54) is 31.4 Å². The molecule has 0 bridgehead atoms. The van der Waals surface area contributed by atoms with Crippen molar-refractivity contribution in [3.05, 3.63) is 90.2 Å². The number of nitrogen functional groups attached to an aromatic ring is 1. The number of anilines is 3. The molecule has 5 aromatic rings. The van der Waals surface area contributed by atoms with E-state index in [1.807, 2.05) is 4.72 Å². The number of amides is 2. The van der Waals surface area contributed by atoms with Gasteiger partial charge in [0.2, 0.25) is 0 Å². The number of nitrogens with one attached hydrogen (secondary N) is 3. The number of methoxy groups -OCH3 is 1. The highest BCUT2D eigenvalue weighted by Crippen LogP contribution is 2.37. The Morgan fingerprint density at radius 1 is 0.956 bits per heavy atom. The molecule has 0 atom stereocenters. The van der Waals surface area contributed by atoms with E-state index in [0.29, 0.717) is 22.2 Å². The van der Waals surface area contributed by atoms with E-state index in [0.717, 1.165) is 24.3 Å². The number of aromatic nitrogens is 2. The van der Waals surface area contributed by atoms with Crippen LogP contribution in [0.25, 0.3) is 33.4 Å². The molecule has 45 heavy (non-hydrogen) atoms. The third-order valence-electron chi connectivity index (χ3n) is 6.55. The first kappa shape index (κ1) is 31.0. The largest absolute Gasteiger partial charge is 0.494 e. The lowest BCUT2D eigenvalue weighted by molar-refractivity contribution is 0.245. The number of rotatable bonds is 9. The van der Waals surface area contributed by atoms with Crippen molar-refractivity contribution in [3.63, 3.8) is 0 Å². The molecule has 2 amide bonds. The zero-order valence-corrected chi connectivity index (χ0v) is 24.3. The fourth-order valence-corrected chi connectivity index (χ4v) is 5.68. The van der Waals surface area contributed by atoms with Gasteiger partial charge in [0.15, 0.2) is 16.5 Å². The van der Waals surface area contributed by atoms with E-state index in [-0.39, 0.29) is 41.7 Å². The van der Waals surface area contributed by atoms with Crippen molar-refractivity contribution in [1.29, 1.82) is 0 Å². The smallest absolute Gasteiger partial charge is 0.319 e. The summed E-state index contributed by atoms with van der Waals surface area (Å²) in [6.45, 7) is -0.0917. The molecular weight excluding hydrogens is 613 g/mol. The molecule has 15 heteroatoms. The normalized spacial score (nSPS) is 11.3. The number of hydrogen-bond donors (Lipinski definition) is 5. The molecule has 11 nitrogen and oxygen atoms in total. The maximum atomic E-state index is 15.7. The highest BCUT2D eigenvalue weighted by Gasteiger charge is 2.26. The SMILES string of the molecule is COc1cc(-c2cccc(NS(=O)(=O)c3c(F)cccc3F)c2F)cc2c(N)nc(-c3ccc(NC(=O)NCCO)cc3)nc12. The van der Waals surface area contributed by atoms with Gasteiger partial charge in [-0.15, -0.1) is 0 Å². The molecule has 0 unspecified atom stereocenters. The van der Waals surface area contributed by atoms with Crippen molar-refractivity contribution in [2.75, 3.05) is 36.0 Å². The van der Waals surface area contributed by atoms with Crippen LogP contribution in [0.15, 0.2) is 77.7 Å². The first-order valence-electron chi connectivity index (χ1n) is 13.2. The summed E-state index contributed by atoms with van der Waals surface area (Å²) < 4.78 is 77.1. The van der Waals surface area contributed by atoms with Gasteiger partial charge in [0.25, 0.3) is 10.0 Å². The van der Waals surface area contributed by atoms with Crippen LogP contribution < -0.4 is 25.8 Å². The average molecular weight is 639 g/mol. The summed E-state index contributed by atoms with van der Waals surface area (Å²) >= 11 is 0. The number of halogens is 3. The molecule has 1 aromatic heterocycles. The quantitative estimate of drug-likeness (QED) is 0.152. The second-order valence-electron chi connectivity index (χ2n) is 9.51. The van der Waals surface area contributed by atoms with Gasteiger partial charge in [0.05, 0.1) is 19.4 Å². The maximum Gasteiger partial charge on any atom is 0.319 e. The van der Waals surface area contributed by atoms with Gasteiger partial charge in [-0.3, -0.25) is 4.72 Å². The van der Waals surface area contributed by atoms with Gasteiger partial charge in [0.1, 0.15) is 28.7 Å². The number of carbonyl (C=O) groups excluding carboxylic acids is 1. The molecule has 0 aliphatic heterocycles. The van der Waals surface area contributed by atoms with Gasteiger partial charge < -0.3 is 26.2 Å². The zero-order chi connectivity index (χ0) is 32.3. The maximum absolute atomic E-state index is 15.7. The van der Waals surface area contributed by atoms with Crippen LogP contribution in [0.1, 0.15) is 0 Å². The Balaban J connectivity index is 1.49. The minimum absolute atomic E-state index is 0.0352. The lowest BCUT2D eigenvalue weighted by Crippen LogP contribution is -2.30. The number of nitrogens with zero attached hydrogens (tertiary/aromatic N) is 2. The lowest BCUT2D eigenvalue weighted by Gasteiger charge is -2.15. The van der Waals surface area contributed by atoms with E-state index < -0.39 is 44.1 Å². The Hall–Kier alpha value is -5.41. The Labute approximate surface area is 254 Å². The van der Waals surface area contributed by atoms with Crippen molar-refractivity contribution in [2.24, 2.45) is 0 Å². The second-order valence-corrected chi connectivity index (χ2v) is 11.1. The van der Waals surface area contributed by atoms with Crippen LogP contribution in [-0.2, 0) is 10.0 Å². The molecule has 0 fully saturated rings. The minimum Gasteiger partial charge on any atom is -0.494 e.